The second kappa shape index (κ2) is 8.85. The predicted octanol–water partition coefficient (Wildman–Crippen LogP) is 4.06. The summed E-state index contributed by atoms with van der Waals surface area (Å²) >= 11 is 0. The van der Waals surface area contributed by atoms with Gasteiger partial charge in [0.1, 0.15) is 23.7 Å². The number of hydrogen-bond donors (Lipinski definition) is 2. The number of methoxy groups -OCH3 is 1. The number of ether oxygens (including phenoxy) is 1. The van der Waals surface area contributed by atoms with Crippen LogP contribution in [0, 0.1) is 6.92 Å². The van der Waals surface area contributed by atoms with Gasteiger partial charge in [0.15, 0.2) is 0 Å². The summed E-state index contributed by atoms with van der Waals surface area (Å²) in [5, 5.41) is 6.69. The molecule has 0 atom stereocenters. The van der Waals surface area contributed by atoms with Crippen molar-refractivity contribution < 1.29 is 4.74 Å². The highest BCUT2D eigenvalue weighted by molar-refractivity contribution is 5.47. The van der Waals surface area contributed by atoms with E-state index in [1.54, 1.807) is 13.4 Å². The summed E-state index contributed by atoms with van der Waals surface area (Å²) in [6.07, 6.45) is 2.43. The van der Waals surface area contributed by atoms with Crippen molar-refractivity contribution >= 4 is 11.6 Å². The first-order valence-electron chi connectivity index (χ1n) is 8.72. The van der Waals surface area contributed by atoms with Crippen LogP contribution >= 0.6 is 0 Å². The molecule has 2 aromatic carbocycles. The van der Waals surface area contributed by atoms with Crippen LogP contribution in [0.25, 0.3) is 0 Å². The molecule has 134 valence electrons. The lowest BCUT2D eigenvalue weighted by molar-refractivity contribution is 0.410. The molecule has 0 unspecified atom stereocenters. The van der Waals surface area contributed by atoms with Crippen LogP contribution in [0.1, 0.15) is 16.7 Å². The van der Waals surface area contributed by atoms with Crippen molar-refractivity contribution in [1.29, 1.82) is 0 Å². The van der Waals surface area contributed by atoms with E-state index in [-0.39, 0.29) is 0 Å². The number of benzene rings is 2. The number of aryl methyl sites for hydroxylation is 1. The van der Waals surface area contributed by atoms with Crippen LogP contribution < -0.4 is 15.4 Å². The minimum Gasteiger partial charge on any atom is -0.496 e. The molecule has 0 saturated heterocycles. The molecule has 3 aromatic rings. The van der Waals surface area contributed by atoms with Crippen molar-refractivity contribution in [2.45, 2.75) is 19.9 Å². The Bertz CT molecular complexity index is 851. The minimum atomic E-state index is 0.735. The smallest absolute Gasteiger partial charge is 0.131 e. The van der Waals surface area contributed by atoms with Crippen LogP contribution in [0.3, 0.4) is 0 Å². The van der Waals surface area contributed by atoms with E-state index in [0.717, 1.165) is 36.9 Å². The van der Waals surface area contributed by atoms with Gasteiger partial charge in [-0.3, -0.25) is 0 Å². The minimum absolute atomic E-state index is 0.735. The van der Waals surface area contributed by atoms with E-state index in [0.29, 0.717) is 0 Å². The Kier molecular flexibility index (Phi) is 6.04. The Morgan fingerprint density at radius 2 is 1.73 bits per heavy atom. The molecule has 1 aromatic heterocycles. The standard InChI is InChI=1S/C21H24N4O/c1-16-6-5-7-17(12-16)14-23-21-13-20(24-15-25-21)22-11-10-18-8-3-4-9-19(18)26-2/h3-9,12-13,15H,10-11,14H2,1-2H3,(H2,22,23,24,25). The number of nitrogens with zero attached hydrogens (tertiary/aromatic N) is 2. The zero-order valence-corrected chi connectivity index (χ0v) is 15.2. The SMILES string of the molecule is COc1ccccc1CCNc1cc(NCc2cccc(C)c2)ncn1. The van der Waals surface area contributed by atoms with E-state index in [2.05, 4.69) is 57.9 Å². The molecule has 0 amide bonds. The Labute approximate surface area is 154 Å². The molecule has 0 aliphatic heterocycles. The topological polar surface area (TPSA) is 59.1 Å². The van der Waals surface area contributed by atoms with E-state index in [4.69, 9.17) is 4.74 Å². The molecule has 26 heavy (non-hydrogen) atoms. The first-order chi connectivity index (χ1) is 12.7. The fourth-order valence-electron chi connectivity index (χ4n) is 2.80. The lowest BCUT2D eigenvalue weighted by atomic mass is 10.1. The summed E-state index contributed by atoms with van der Waals surface area (Å²) in [6, 6.07) is 18.4. The molecule has 1 heterocycles. The summed E-state index contributed by atoms with van der Waals surface area (Å²) in [5.41, 5.74) is 3.66. The van der Waals surface area contributed by atoms with E-state index in [1.807, 2.05) is 24.3 Å². The molecule has 5 nitrogen and oxygen atoms in total. The third-order valence-corrected chi connectivity index (χ3v) is 4.12. The van der Waals surface area contributed by atoms with Gasteiger partial charge in [-0.05, 0) is 30.5 Å². The number of nitrogens with one attached hydrogen (secondary N) is 2. The highest BCUT2D eigenvalue weighted by Crippen LogP contribution is 2.18. The second-order valence-electron chi connectivity index (χ2n) is 6.12. The summed E-state index contributed by atoms with van der Waals surface area (Å²) in [5.74, 6) is 2.53. The molecular formula is C21H24N4O. The molecule has 0 saturated carbocycles. The van der Waals surface area contributed by atoms with Crippen molar-refractivity contribution in [2.24, 2.45) is 0 Å². The lowest BCUT2D eigenvalue weighted by Gasteiger charge is -2.10. The van der Waals surface area contributed by atoms with E-state index >= 15 is 0 Å². The lowest BCUT2D eigenvalue weighted by Crippen LogP contribution is -2.08. The third-order valence-electron chi connectivity index (χ3n) is 4.12. The van der Waals surface area contributed by atoms with Crippen LogP contribution in [0.2, 0.25) is 0 Å². The van der Waals surface area contributed by atoms with Crippen LogP contribution in [-0.4, -0.2) is 23.6 Å². The molecule has 0 aliphatic carbocycles. The average molecular weight is 348 g/mol. The van der Waals surface area contributed by atoms with Crippen LogP contribution in [0.4, 0.5) is 11.6 Å². The Morgan fingerprint density at radius 1 is 0.923 bits per heavy atom. The van der Waals surface area contributed by atoms with Crippen molar-refractivity contribution in [3.8, 4) is 5.75 Å². The zero-order valence-electron chi connectivity index (χ0n) is 15.2. The normalized spacial score (nSPS) is 10.4. The fourth-order valence-corrected chi connectivity index (χ4v) is 2.80. The molecule has 2 N–H and O–H groups in total. The maximum atomic E-state index is 5.39. The number of aromatic nitrogens is 2. The van der Waals surface area contributed by atoms with Gasteiger partial charge in [0, 0.05) is 19.2 Å². The van der Waals surface area contributed by atoms with Crippen molar-refractivity contribution in [3.63, 3.8) is 0 Å². The van der Waals surface area contributed by atoms with Crippen LogP contribution in [0.5, 0.6) is 5.75 Å². The van der Waals surface area contributed by atoms with Crippen LogP contribution in [0.15, 0.2) is 60.9 Å². The molecule has 5 heteroatoms. The largest absolute Gasteiger partial charge is 0.496 e. The summed E-state index contributed by atoms with van der Waals surface area (Å²) < 4.78 is 5.39. The highest BCUT2D eigenvalue weighted by atomic mass is 16.5. The highest BCUT2D eigenvalue weighted by Gasteiger charge is 2.03. The van der Waals surface area contributed by atoms with Crippen molar-refractivity contribution in [1.82, 2.24) is 9.97 Å². The summed E-state index contributed by atoms with van der Waals surface area (Å²) in [6.45, 7) is 3.60. The van der Waals surface area contributed by atoms with Gasteiger partial charge < -0.3 is 15.4 Å². The number of para-hydroxylation sites is 1. The van der Waals surface area contributed by atoms with Crippen LogP contribution in [-0.2, 0) is 13.0 Å². The summed E-state index contributed by atoms with van der Waals surface area (Å²) in [7, 11) is 1.70. The van der Waals surface area contributed by atoms with Gasteiger partial charge in [-0.1, -0.05) is 48.0 Å². The quantitative estimate of drug-likeness (QED) is 0.643. The van der Waals surface area contributed by atoms with Gasteiger partial charge in [0.2, 0.25) is 0 Å². The van der Waals surface area contributed by atoms with E-state index < -0.39 is 0 Å². The van der Waals surface area contributed by atoms with Crippen molar-refractivity contribution in [3.05, 3.63) is 77.6 Å². The van der Waals surface area contributed by atoms with Gasteiger partial charge in [0.25, 0.3) is 0 Å². The van der Waals surface area contributed by atoms with Gasteiger partial charge in [-0.15, -0.1) is 0 Å². The molecular weight excluding hydrogens is 324 g/mol. The summed E-state index contributed by atoms with van der Waals surface area (Å²) in [4.78, 5) is 8.58. The van der Waals surface area contributed by atoms with Gasteiger partial charge in [-0.2, -0.15) is 0 Å². The molecule has 0 fully saturated rings. The molecule has 0 aliphatic rings. The van der Waals surface area contributed by atoms with Crippen molar-refractivity contribution in [2.75, 3.05) is 24.3 Å². The molecule has 3 rings (SSSR count). The molecule has 0 bridgehead atoms. The fraction of sp³-hybridized carbons (Fsp3) is 0.238. The first kappa shape index (κ1) is 17.7. The maximum absolute atomic E-state index is 5.39. The third kappa shape index (κ3) is 4.96. The number of anilines is 2. The Balaban J connectivity index is 1.54. The monoisotopic (exact) mass is 348 g/mol. The first-order valence-corrected chi connectivity index (χ1v) is 8.72. The Morgan fingerprint density at radius 3 is 2.54 bits per heavy atom. The maximum Gasteiger partial charge on any atom is 0.131 e. The van der Waals surface area contributed by atoms with E-state index in [1.165, 1.54) is 16.7 Å². The predicted molar refractivity (Wildman–Crippen MR) is 106 cm³/mol. The Hall–Kier alpha value is -3.08. The van der Waals surface area contributed by atoms with Gasteiger partial charge >= 0.3 is 0 Å². The average Bonchev–Trinajstić information content (AvgIpc) is 2.67. The zero-order chi connectivity index (χ0) is 18.2. The van der Waals surface area contributed by atoms with Gasteiger partial charge in [0.05, 0.1) is 7.11 Å². The molecule has 0 spiro atoms. The second-order valence-corrected chi connectivity index (χ2v) is 6.12. The molecule has 0 radical (unpaired) electrons. The number of hydrogen-bond acceptors (Lipinski definition) is 5. The number of rotatable bonds is 8. The van der Waals surface area contributed by atoms with Gasteiger partial charge in [-0.25, -0.2) is 9.97 Å². The van der Waals surface area contributed by atoms with E-state index in [9.17, 15) is 0 Å².